The van der Waals surface area contributed by atoms with Crippen molar-refractivity contribution in [3.8, 4) is 0 Å². The van der Waals surface area contributed by atoms with Gasteiger partial charge in [0, 0.05) is 0 Å². The van der Waals surface area contributed by atoms with Crippen LogP contribution < -0.4 is 0 Å². The van der Waals surface area contributed by atoms with E-state index in [9.17, 15) is 9.59 Å². The standard InChI is InChI=1S/C8H7NO3S/c1-12-8(11)7-6(2-3-13-7)4-9-5-10/h2-3H,4H2,1H3. The molecule has 0 bridgehead atoms. The molecule has 0 radical (unpaired) electrons. The zero-order chi connectivity index (χ0) is 9.68. The summed E-state index contributed by atoms with van der Waals surface area (Å²) in [5.41, 5.74) is 0.695. The number of carbonyl (C=O) groups is 1. The second-order valence-electron chi connectivity index (χ2n) is 2.17. The van der Waals surface area contributed by atoms with E-state index in [1.54, 1.807) is 11.4 Å². The largest absolute Gasteiger partial charge is 0.465 e. The predicted octanol–water partition coefficient (Wildman–Crippen LogP) is 1.37. The molecule has 1 aromatic heterocycles. The Morgan fingerprint density at radius 1 is 1.77 bits per heavy atom. The van der Waals surface area contributed by atoms with Gasteiger partial charge in [0.05, 0.1) is 13.7 Å². The Hall–Kier alpha value is -1.45. The second-order valence-corrected chi connectivity index (χ2v) is 3.09. The fraction of sp³-hybridized carbons (Fsp3) is 0.250. The number of hydrogen-bond acceptors (Lipinski definition) is 5. The summed E-state index contributed by atoms with van der Waals surface area (Å²) in [5, 5.41) is 1.75. The van der Waals surface area contributed by atoms with E-state index in [1.807, 2.05) is 0 Å². The van der Waals surface area contributed by atoms with Crippen molar-refractivity contribution in [2.45, 2.75) is 6.54 Å². The lowest BCUT2D eigenvalue weighted by Crippen LogP contribution is -2.01. The molecule has 5 heteroatoms. The molecule has 0 unspecified atom stereocenters. The van der Waals surface area contributed by atoms with Crippen molar-refractivity contribution in [3.63, 3.8) is 0 Å². The second kappa shape index (κ2) is 4.54. The lowest BCUT2D eigenvalue weighted by atomic mass is 10.2. The van der Waals surface area contributed by atoms with Crippen molar-refractivity contribution in [2.75, 3.05) is 7.11 Å². The Morgan fingerprint density at radius 3 is 3.15 bits per heavy atom. The molecule has 0 fully saturated rings. The molecule has 1 aromatic rings. The number of esters is 1. The normalized spacial score (nSPS) is 9.00. The molecule has 13 heavy (non-hydrogen) atoms. The first-order valence-corrected chi connectivity index (χ1v) is 4.36. The van der Waals surface area contributed by atoms with Gasteiger partial charge in [-0.1, -0.05) is 0 Å². The van der Waals surface area contributed by atoms with Gasteiger partial charge in [-0.25, -0.2) is 14.6 Å². The highest BCUT2D eigenvalue weighted by Gasteiger charge is 2.12. The summed E-state index contributed by atoms with van der Waals surface area (Å²) in [6, 6.07) is 1.73. The van der Waals surface area contributed by atoms with Crippen LogP contribution >= 0.6 is 11.3 Å². The lowest BCUT2D eigenvalue weighted by molar-refractivity contribution is 0.0605. The molecular weight excluding hydrogens is 190 g/mol. The summed E-state index contributed by atoms with van der Waals surface area (Å²) in [7, 11) is 1.31. The third kappa shape index (κ3) is 2.24. The van der Waals surface area contributed by atoms with Crippen molar-refractivity contribution >= 4 is 23.4 Å². The molecule has 0 N–H and O–H groups in total. The molecule has 68 valence electrons. The summed E-state index contributed by atoms with van der Waals surface area (Å²) in [6.45, 7) is 0.178. The van der Waals surface area contributed by atoms with Gasteiger partial charge in [0.2, 0.25) is 6.08 Å². The van der Waals surface area contributed by atoms with E-state index in [0.717, 1.165) is 0 Å². The van der Waals surface area contributed by atoms with E-state index in [1.165, 1.54) is 24.5 Å². The van der Waals surface area contributed by atoms with Crippen LogP contribution in [0.2, 0.25) is 0 Å². The highest BCUT2D eigenvalue weighted by Crippen LogP contribution is 2.18. The van der Waals surface area contributed by atoms with Gasteiger partial charge in [-0.2, -0.15) is 0 Å². The molecule has 0 saturated heterocycles. The molecule has 0 aliphatic heterocycles. The Kier molecular flexibility index (Phi) is 3.37. The minimum absolute atomic E-state index is 0.178. The first-order chi connectivity index (χ1) is 6.29. The van der Waals surface area contributed by atoms with Gasteiger partial charge < -0.3 is 4.74 Å². The maximum Gasteiger partial charge on any atom is 0.348 e. The van der Waals surface area contributed by atoms with Gasteiger partial charge in [-0.05, 0) is 17.0 Å². The summed E-state index contributed by atoms with van der Waals surface area (Å²) < 4.78 is 4.55. The first-order valence-electron chi connectivity index (χ1n) is 3.48. The molecule has 0 amide bonds. The monoisotopic (exact) mass is 197 g/mol. The molecule has 0 aliphatic rings. The fourth-order valence-electron chi connectivity index (χ4n) is 0.849. The van der Waals surface area contributed by atoms with Gasteiger partial charge in [0.15, 0.2) is 0 Å². The Bertz CT molecular complexity index is 352. The minimum atomic E-state index is -0.397. The quantitative estimate of drug-likeness (QED) is 0.417. The van der Waals surface area contributed by atoms with Crippen LogP contribution in [0.4, 0.5) is 0 Å². The fourth-order valence-corrected chi connectivity index (χ4v) is 1.68. The van der Waals surface area contributed by atoms with Crippen LogP contribution in [0, 0.1) is 0 Å². The molecular formula is C8H7NO3S. The van der Waals surface area contributed by atoms with Crippen molar-refractivity contribution in [1.29, 1.82) is 0 Å². The lowest BCUT2D eigenvalue weighted by Gasteiger charge is -1.96. The van der Waals surface area contributed by atoms with Crippen molar-refractivity contribution in [2.24, 2.45) is 4.99 Å². The topological polar surface area (TPSA) is 55.7 Å². The third-order valence-corrected chi connectivity index (χ3v) is 2.37. The smallest absolute Gasteiger partial charge is 0.348 e. The van der Waals surface area contributed by atoms with Gasteiger partial charge in [-0.15, -0.1) is 11.3 Å². The highest BCUT2D eigenvalue weighted by molar-refractivity contribution is 7.12. The number of hydrogen-bond donors (Lipinski definition) is 0. The maximum atomic E-state index is 11.1. The van der Waals surface area contributed by atoms with E-state index < -0.39 is 5.97 Å². The number of methoxy groups -OCH3 is 1. The highest BCUT2D eigenvalue weighted by atomic mass is 32.1. The Balaban J connectivity index is 2.88. The number of thiophene rings is 1. The van der Waals surface area contributed by atoms with Gasteiger partial charge in [0.25, 0.3) is 0 Å². The van der Waals surface area contributed by atoms with Crippen LogP contribution in [-0.4, -0.2) is 19.2 Å². The Morgan fingerprint density at radius 2 is 2.54 bits per heavy atom. The van der Waals surface area contributed by atoms with Crippen LogP contribution in [0.15, 0.2) is 16.4 Å². The first kappa shape index (κ1) is 9.64. The van der Waals surface area contributed by atoms with Crippen LogP contribution in [-0.2, 0) is 16.1 Å². The Labute approximate surface area is 78.9 Å². The third-order valence-electron chi connectivity index (χ3n) is 1.43. The van der Waals surface area contributed by atoms with Crippen molar-refractivity contribution in [1.82, 2.24) is 0 Å². The molecule has 4 nitrogen and oxygen atoms in total. The summed E-state index contributed by atoms with van der Waals surface area (Å²) >= 11 is 1.27. The summed E-state index contributed by atoms with van der Waals surface area (Å²) in [6.07, 6.45) is 1.42. The van der Waals surface area contributed by atoms with Crippen LogP contribution in [0.5, 0.6) is 0 Å². The van der Waals surface area contributed by atoms with Crippen LogP contribution in [0.3, 0.4) is 0 Å². The molecule has 0 aliphatic carbocycles. The van der Waals surface area contributed by atoms with E-state index in [2.05, 4.69) is 9.73 Å². The zero-order valence-corrected chi connectivity index (χ0v) is 7.76. The van der Waals surface area contributed by atoms with E-state index in [-0.39, 0.29) is 6.54 Å². The molecule has 0 aromatic carbocycles. The van der Waals surface area contributed by atoms with Gasteiger partial charge >= 0.3 is 5.97 Å². The average Bonchev–Trinajstić information content (AvgIpc) is 2.61. The average molecular weight is 197 g/mol. The SMILES string of the molecule is COC(=O)c1sccc1CN=C=O. The number of rotatable bonds is 3. The summed E-state index contributed by atoms with van der Waals surface area (Å²) in [4.78, 5) is 24.8. The molecule has 1 rings (SSSR count). The molecule has 0 spiro atoms. The number of isocyanates is 1. The number of aliphatic imine (C=N–C) groups is 1. The van der Waals surface area contributed by atoms with Crippen molar-refractivity contribution < 1.29 is 14.3 Å². The predicted molar refractivity (Wildman–Crippen MR) is 47.5 cm³/mol. The van der Waals surface area contributed by atoms with Gasteiger partial charge in [-0.3, -0.25) is 0 Å². The van der Waals surface area contributed by atoms with Gasteiger partial charge in [0.1, 0.15) is 4.88 Å². The van der Waals surface area contributed by atoms with Crippen molar-refractivity contribution in [3.05, 3.63) is 21.9 Å². The van der Waals surface area contributed by atoms with Crippen LogP contribution in [0.1, 0.15) is 15.2 Å². The number of ether oxygens (including phenoxy) is 1. The zero-order valence-electron chi connectivity index (χ0n) is 6.94. The van der Waals surface area contributed by atoms with E-state index in [4.69, 9.17) is 0 Å². The van der Waals surface area contributed by atoms with E-state index >= 15 is 0 Å². The number of nitrogens with zero attached hydrogens (tertiary/aromatic N) is 1. The molecule has 0 saturated carbocycles. The summed E-state index contributed by atoms with van der Waals surface area (Å²) in [5.74, 6) is -0.397. The molecule has 0 atom stereocenters. The molecule has 1 heterocycles. The van der Waals surface area contributed by atoms with Crippen LogP contribution in [0.25, 0.3) is 0 Å². The minimum Gasteiger partial charge on any atom is -0.465 e. The number of carbonyl (C=O) groups excluding carboxylic acids is 2. The van der Waals surface area contributed by atoms with E-state index in [0.29, 0.717) is 10.4 Å². The maximum absolute atomic E-state index is 11.1.